The number of aromatic nitrogens is 4. The molecule has 1 N–H and O–H groups in total. The molecule has 130 valence electrons. The number of piperidine rings is 1. The predicted molar refractivity (Wildman–Crippen MR) is 94.6 cm³/mol. The highest BCUT2D eigenvalue weighted by Gasteiger charge is 2.16. The average molecular weight is 330 g/mol. The lowest BCUT2D eigenvalue weighted by Gasteiger charge is -2.27. The van der Waals surface area contributed by atoms with Crippen molar-refractivity contribution in [3.05, 3.63) is 23.7 Å². The molecular weight excluding hydrogens is 304 g/mol. The second-order valence-corrected chi connectivity index (χ2v) is 6.07. The molecule has 0 aromatic carbocycles. The highest BCUT2D eigenvalue weighted by atomic mass is 16.5. The molecule has 1 aliphatic heterocycles. The van der Waals surface area contributed by atoms with E-state index in [-0.39, 0.29) is 0 Å². The van der Waals surface area contributed by atoms with Gasteiger partial charge < -0.3 is 15.0 Å². The fourth-order valence-electron chi connectivity index (χ4n) is 3.24. The summed E-state index contributed by atoms with van der Waals surface area (Å²) >= 11 is 0. The van der Waals surface area contributed by atoms with Crippen molar-refractivity contribution in [2.24, 2.45) is 7.05 Å². The monoisotopic (exact) mass is 330 g/mol. The van der Waals surface area contributed by atoms with E-state index < -0.39 is 0 Å². The summed E-state index contributed by atoms with van der Waals surface area (Å²) in [6.07, 6.45) is 6.29. The summed E-state index contributed by atoms with van der Waals surface area (Å²) in [5.41, 5.74) is 2.13. The van der Waals surface area contributed by atoms with Crippen LogP contribution < -0.4 is 15.0 Å². The molecule has 3 heterocycles. The van der Waals surface area contributed by atoms with E-state index in [0.29, 0.717) is 6.54 Å². The molecular formula is C17H26N6O. The summed E-state index contributed by atoms with van der Waals surface area (Å²) < 4.78 is 7.27. The zero-order chi connectivity index (χ0) is 16.9. The Bertz CT molecular complexity index is 678. The van der Waals surface area contributed by atoms with Crippen molar-refractivity contribution in [1.29, 1.82) is 0 Å². The van der Waals surface area contributed by atoms with Crippen LogP contribution in [0.15, 0.2) is 12.4 Å². The summed E-state index contributed by atoms with van der Waals surface area (Å²) in [6.45, 7) is 4.89. The number of nitrogens with zero attached hydrogens (tertiary/aromatic N) is 5. The predicted octanol–water partition coefficient (Wildman–Crippen LogP) is 2.38. The second kappa shape index (κ2) is 7.51. The Labute approximate surface area is 143 Å². The Balaban J connectivity index is 1.73. The maximum atomic E-state index is 5.49. The van der Waals surface area contributed by atoms with Gasteiger partial charge >= 0.3 is 0 Å². The molecule has 2 aromatic heterocycles. The van der Waals surface area contributed by atoms with Crippen LogP contribution in [0, 0.1) is 0 Å². The lowest BCUT2D eigenvalue weighted by molar-refractivity contribution is 0.369. The summed E-state index contributed by atoms with van der Waals surface area (Å²) in [5.74, 6) is 2.63. The van der Waals surface area contributed by atoms with Gasteiger partial charge in [-0.25, -0.2) is 14.6 Å². The summed E-state index contributed by atoms with van der Waals surface area (Å²) in [4.78, 5) is 11.1. The number of nitrogens with one attached hydrogen (secondary N) is 1. The van der Waals surface area contributed by atoms with Crippen LogP contribution >= 0.6 is 0 Å². The molecule has 0 spiro atoms. The Morgan fingerprint density at radius 2 is 2.00 bits per heavy atom. The van der Waals surface area contributed by atoms with E-state index in [1.54, 1.807) is 18.1 Å². The molecule has 3 rings (SSSR count). The molecule has 0 amide bonds. The Kier molecular flexibility index (Phi) is 5.17. The normalized spacial score (nSPS) is 14.7. The van der Waals surface area contributed by atoms with Crippen molar-refractivity contribution in [2.75, 3.05) is 30.4 Å². The Morgan fingerprint density at radius 3 is 2.71 bits per heavy atom. The Hall–Kier alpha value is -2.31. The topological polar surface area (TPSA) is 68.1 Å². The first-order valence-electron chi connectivity index (χ1n) is 8.62. The lowest BCUT2D eigenvalue weighted by atomic mass is 10.1. The molecule has 1 fully saturated rings. The minimum absolute atomic E-state index is 0.636. The number of hydrogen-bond donors (Lipinski definition) is 1. The number of methoxy groups -OCH3 is 1. The molecule has 1 aliphatic rings. The van der Waals surface area contributed by atoms with Crippen LogP contribution in [0.25, 0.3) is 0 Å². The van der Waals surface area contributed by atoms with Crippen molar-refractivity contribution in [3.63, 3.8) is 0 Å². The second-order valence-electron chi connectivity index (χ2n) is 6.07. The van der Waals surface area contributed by atoms with Gasteiger partial charge in [0.2, 0.25) is 5.88 Å². The minimum Gasteiger partial charge on any atom is -0.481 e. The summed E-state index contributed by atoms with van der Waals surface area (Å²) in [6, 6.07) is 2.03. The van der Waals surface area contributed by atoms with Gasteiger partial charge in [0, 0.05) is 32.7 Å². The molecule has 24 heavy (non-hydrogen) atoms. The zero-order valence-electron chi connectivity index (χ0n) is 14.7. The van der Waals surface area contributed by atoms with E-state index in [2.05, 4.69) is 32.2 Å². The molecule has 0 aliphatic carbocycles. The van der Waals surface area contributed by atoms with Gasteiger partial charge in [-0.15, -0.1) is 0 Å². The number of hydrogen-bond acceptors (Lipinski definition) is 6. The third-order valence-electron chi connectivity index (χ3n) is 4.48. The van der Waals surface area contributed by atoms with Gasteiger partial charge in [-0.3, -0.25) is 0 Å². The van der Waals surface area contributed by atoms with Gasteiger partial charge in [-0.2, -0.15) is 5.10 Å². The van der Waals surface area contributed by atoms with E-state index in [1.165, 1.54) is 19.3 Å². The first-order valence-corrected chi connectivity index (χ1v) is 8.62. The van der Waals surface area contributed by atoms with Crippen LogP contribution in [0.1, 0.15) is 37.4 Å². The zero-order valence-corrected chi connectivity index (χ0v) is 14.7. The van der Waals surface area contributed by atoms with Crippen LogP contribution in [0.2, 0.25) is 0 Å². The highest BCUT2D eigenvalue weighted by molar-refractivity contribution is 5.49. The molecule has 7 nitrogen and oxygen atoms in total. The number of aryl methyl sites for hydroxylation is 2. The molecule has 7 heteroatoms. The fraction of sp³-hybridized carbons (Fsp3) is 0.588. The standard InChI is InChI=1S/C17H26N6O/c1-4-14-13(17(24-3)22(2)21-14)11-18-15-10-16(20-12-19-15)23-8-6-5-7-9-23/h10,12H,4-9,11H2,1-3H3,(H,18,19,20). The van der Waals surface area contributed by atoms with Gasteiger partial charge in [0.15, 0.2) is 0 Å². The summed E-state index contributed by atoms with van der Waals surface area (Å²) in [7, 11) is 3.58. The van der Waals surface area contributed by atoms with Crippen molar-refractivity contribution in [3.8, 4) is 5.88 Å². The number of ether oxygens (including phenoxy) is 1. The van der Waals surface area contributed by atoms with E-state index in [0.717, 1.165) is 48.3 Å². The van der Waals surface area contributed by atoms with Gasteiger partial charge in [-0.05, 0) is 25.7 Å². The Morgan fingerprint density at radius 1 is 1.21 bits per heavy atom. The lowest BCUT2D eigenvalue weighted by Crippen LogP contribution is -2.30. The van der Waals surface area contributed by atoms with Crippen molar-refractivity contribution < 1.29 is 4.74 Å². The first-order chi connectivity index (χ1) is 11.7. The molecule has 0 radical (unpaired) electrons. The highest BCUT2D eigenvalue weighted by Crippen LogP contribution is 2.24. The van der Waals surface area contributed by atoms with Crippen LogP contribution in [0.5, 0.6) is 5.88 Å². The van der Waals surface area contributed by atoms with Gasteiger partial charge in [-0.1, -0.05) is 6.92 Å². The molecule has 0 bridgehead atoms. The quantitative estimate of drug-likeness (QED) is 0.877. The van der Waals surface area contributed by atoms with E-state index in [1.807, 2.05) is 13.1 Å². The van der Waals surface area contributed by atoms with Crippen molar-refractivity contribution in [1.82, 2.24) is 19.7 Å². The van der Waals surface area contributed by atoms with E-state index in [4.69, 9.17) is 4.74 Å². The van der Waals surface area contributed by atoms with E-state index >= 15 is 0 Å². The molecule has 1 saturated heterocycles. The smallest absolute Gasteiger partial charge is 0.216 e. The summed E-state index contributed by atoms with van der Waals surface area (Å²) in [5, 5.41) is 7.91. The number of anilines is 2. The molecule has 2 aromatic rings. The third-order valence-corrected chi connectivity index (χ3v) is 4.48. The van der Waals surface area contributed by atoms with E-state index in [9.17, 15) is 0 Å². The third kappa shape index (κ3) is 3.44. The fourth-order valence-corrected chi connectivity index (χ4v) is 3.24. The van der Waals surface area contributed by atoms with Gasteiger partial charge in [0.1, 0.15) is 18.0 Å². The number of rotatable bonds is 6. The molecule has 0 atom stereocenters. The SMILES string of the molecule is CCc1nn(C)c(OC)c1CNc1cc(N2CCCCC2)ncn1. The maximum Gasteiger partial charge on any atom is 0.216 e. The van der Waals surface area contributed by atoms with Gasteiger partial charge in [0.05, 0.1) is 18.4 Å². The van der Waals surface area contributed by atoms with Crippen molar-refractivity contribution in [2.45, 2.75) is 39.2 Å². The maximum absolute atomic E-state index is 5.49. The van der Waals surface area contributed by atoms with Crippen LogP contribution in [-0.4, -0.2) is 39.9 Å². The van der Waals surface area contributed by atoms with Crippen LogP contribution in [0.3, 0.4) is 0 Å². The average Bonchev–Trinajstić information content (AvgIpc) is 2.95. The molecule has 0 unspecified atom stereocenters. The minimum atomic E-state index is 0.636. The largest absolute Gasteiger partial charge is 0.481 e. The van der Waals surface area contributed by atoms with Gasteiger partial charge in [0.25, 0.3) is 0 Å². The van der Waals surface area contributed by atoms with Crippen molar-refractivity contribution >= 4 is 11.6 Å². The van der Waals surface area contributed by atoms with Crippen LogP contribution in [0.4, 0.5) is 11.6 Å². The molecule has 0 saturated carbocycles. The van der Waals surface area contributed by atoms with Crippen LogP contribution in [-0.2, 0) is 20.0 Å². The first kappa shape index (κ1) is 16.5.